The summed E-state index contributed by atoms with van der Waals surface area (Å²) in [6, 6.07) is 7.50. The van der Waals surface area contributed by atoms with Gasteiger partial charge in [-0.05, 0) is 38.7 Å². The van der Waals surface area contributed by atoms with Crippen LogP contribution in [0.4, 0.5) is 0 Å². The first kappa shape index (κ1) is 16.0. The lowest BCUT2D eigenvalue weighted by molar-refractivity contribution is -0.123. The van der Waals surface area contributed by atoms with Crippen molar-refractivity contribution in [2.24, 2.45) is 0 Å². The van der Waals surface area contributed by atoms with E-state index >= 15 is 0 Å². The molecule has 0 aromatic heterocycles. The van der Waals surface area contributed by atoms with Gasteiger partial charge in [-0.25, -0.2) is 13.1 Å². The fourth-order valence-electron chi connectivity index (χ4n) is 2.34. The van der Waals surface area contributed by atoms with Crippen LogP contribution in [0.3, 0.4) is 0 Å². The minimum absolute atomic E-state index is 0.209. The van der Waals surface area contributed by atoms with Crippen LogP contribution < -0.4 is 10.0 Å². The predicted octanol–water partition coefficient (Wildman–Crippen LogP) is 1.12. The molecule has 1 fully saturated rings. The molecule has 0 aliphatic heterocycles. The van der Waals surface area contributed by atoms with Gasteiger partial charge in [0.1, 0.15) is 0 Å². The van der Waals surface area contributed by atoms with Crippen LogP contribution in [0.25, 0.3) is 0 Å². The molecule has 0 bridgehead atoms. The standard InChI is InChI=1S/C15H22N2O3S/c1-11-4-6-13(7-5-11)10-15(8-9-15)16-14(18)12(2)17-21(3,19)20/h4-7,12,17H,8-10H2,1-3H3,(H,16,18)/t12-/m0/s1. The number of sulfonamides is 1. The first-order valence-electron chi connectivity index (χ1n) is 7.04. The van der Waals surface area contributed by atoms with Crippen LogP contribution >= 0.6 is 0 Å². The smallest absolute Gasteiger partial charge is 0.238 e. The van der Waals surface area contributed by atoms with Crippen molar-refractivity contribution in [2.75, 3.05) is 6.26 Å². The molecule has 0 radical (unpaired) electrons. The Morgan fingerprint density at radius 1 is 1.29 bits per heavy atom. The van der Waals surface area contributed by atoms with Gasteiger partial charge in [0.15, 0.2) is 0 Å². The number of rotatable bonds is 6. The summed E-state index contributed by atoms with van der Waals surface area (Å²) in [5, 5.41) is 2.99. The van der Waals surface area contributed by atoms with E-state index < -0.39 is 16.1 Å². The Morgan fingerprint density at radius 2 is 1.86 bits per heavy atom. The minimum Gasteiger partial charge on any atom is -0.349 e. The lowest BCUT2D eigenvalue weighted by Crippen LogP contribution is -2.49. The molecule has 2 rings (SSSR count). The van der Waals surface area contributed by atoms with E-state index in [4.69, 9.17) is 0 Å². The van der Waals surface area contributed by atoms with E-state index in [1.165, 1.54) is 11.1 Å². The number of aryl methyl sites for hydroxylation is 1. The highest BCUT2D eigenvalue weighted by molar-refractivity contribution is 7.88. The van der Waals surface area contributed by atoms with Gasteiger partial charge in [0, 0.05) is 5.54 Å². The zero-order valence-corrected chi connectivity index (χ0v) is 13.5. The second kappa shape index (κ2) is 5.77. The SMILES string of the molecule is Cc1ccc(CC2(NC(=O)[C@H](C)NS(C)(=O)=O)CC2)cc1. The van der Waals surface area contributed by atoms with Gasteiger partial charge in [0.25, 0.3) is 0 Å². The van der Waals surface area contributed by atoms with Crippen molar-refractivity contribution in [3.05, 3.63) is 35.4 Å². The molecule has 0 heterocycles. The molecule has 5 nitrogen and oxygen atoms in total. The molecule has 1 saturated carbocycles. The van der Waals surface area contributed by atoms with Crippen LogP contribution in [0.15, 0.2) is 24.3 Å². The summed E-state index contributed by atoms with van der Waals surface area (Å²) >= 11 is 0. The van der Waals surface area contributed by atoms with Gasteiger partial charge in [-0.3, -0.25) is 4.79 Å². The van der Waals surface area contributed by atoms with E-state index in [1.54, 1.807) is 6.92 Å². The van der Waals surface area contributed by atoms with Crippen molar-refractivity contribution in [2.45, 2.75) is 44.7 Å². The molecule has 1 aromatic rings. The third-order valence-electron chi connectivity index (χ3n) is 3.69. The van der Waals surface area contributed by atoms with Crippen LogP contribution in [0, 0.1) is 6.92 Å². The predicted molar refractivity (Wildman–Crippen MR) is 82.4 cm³/mol. The Labute approximate surface area is 126 Å². The summed E-state index contributed by atoms with van der Waals surface area (Å²) in [6.07, 6.45) is 3.69. The fourth-order valence-corrected chi connectivity index (χ4v) is 3.09. The largest absolute Gasteiger partial charge is 0.349 e. The van der Waals surface area contributed by atoms with Crippen molar-refractivity contribution >= 4 is 15.9 Å². The van der Waals surface area contributed by atoms with Gasteiger partial charge in [0.2, 0.25) is 15.9 Å². The van der Waals surface area contributed by atoms with E-state index in [1.807, 2.05) is 6.92 Å². The average Bonchev–Trinajstić information content (AvgIpc) is 3.10. The van der Waals surface area contributed by atoms with Gasteiger partial charge < -0.3 is 5.32 Å². The van der Waals surface area contributed by atoms with Crippen molar-refractivity contribution in [1.29, 1.82) is 0 Å². The monoisotopic (exact) mass is 310 g/mol. The van der Waals surface area contributed by atoms with Crippen molar-refractivity contribution in [3.63, 3.8) is 0 Å². The molecule has 0 saturated heterocycles. The van der Waals surface area contributed by atoms with E-state index in [9.17, 15) is 13.2 Å². The number of amides is 1. The van der Waals surface area contributed by atoms with Crippen LogP contribution in [0.2, 0.25) is 0 Å². The normalized spacial score (nSPS) is 18.0. The van der Waals surface area contributed by atoms with E-state index in [-0.39, 0.29) is 11.4 Å². The minimum atomic E-state index is -3.38. The van der Waals surface area contributed by atoms with Gasteiger partial charge >= 0.3 is 0 Å². The Bertz CT molecular complexity index is 619. The van der Waals surface area contributed by atoms with Gasteiger partial charge in [-0.1, -0.05) is 29.8 Å². The molecule has 1 amide bonds. The van der Waals surface area contributed by atoms with Crippen LogP contribution in [0.5, 0.6) is 0 Å². The first-order valence-corrected chi connectivity index (χ1v) is 8.93. The van der Waals surface area contributed by atoms with Gasteiger partial charge in [0.05, 0.1) is 12.3 Å². The lowest BCUT2D eigenvalue weighted by atomic mass is 10.0. The quantitative estimate of drug-likeness (QED) is 0.827. The highest BCUT2D eigenvalue weighted by Crippen LogP contribution is 2.38. The molecular formula is C15H22N2O3S. The molecule has 2 N–H and O–H groups in total. The molecule has 0 spiro atoms. The zero-order valence-electron chi connectivity index (χ0n) is 12.6. The maximum absolute atomic E-state index is 12.1. The number of carbonyl (C=O) groups is 1. The molecule has 21 heavy (non-hydrogen) atoms. The molecular weight excluding hydrogens is 288 g/mol. The highest BCUT2D eigenvalue weighted by Gasteiger charge is 2.44. The number of hydrogen-bond donors (Lipinski definition) is 2. The molecule has 1 aliphatic carbocycles. The summed E-state index contributed by atoms with van der Waals surface area (Å²) in [7, 11) is -3.38. The van der Waals surface area contributed by atoms with Gasteiger partial charge in [-0.2, -0.15) is 0 Å². The van der Waals surface area contributed by atoms with Gasteiger partial charge in [-0.15, -0.1) is 0 Å². The first-order chi connectivity index (χ1) is 9.69. The number of benzene rings is 1. The summed E-state index contributed by atoms with van der Waals surface area (Å²) in [6.45, 7) is 3.59. The number of hydrogen-bond acceptors (Lipinski definition) is 3. The topological polar surface area (TPSA) is 75.3 Å². The summed E-state index contributed by atoms with van der Waals surface area (Å²) < 4.78 is 24.6. The second-order valence-electron chi connectivity index (χ2n) is 6.04. The molecule has 6 heteroatoms. The summed E-state index contributed by atoms with van der Waals surface area (Å²) in [5.74, 6) is -0.273. The molecule has 116 valence electrons. The zero-order chi connectivity index (χ0) is 15.7. The third kappa shape index (κ3) is 4.82. The van der Waals surface area contributed by atoms with E-state index in [0.717, 1.165) is 25.5 Å². The average molecular weight is 310 g/mol. The van der Waals surface area contributed by atoms with Crippen molar-refractivity contribution in [3.8, 4) is 0 Å². The third-order valence-corrected chi connectivity index (χ3v) is 4.47. The van der Waals surface area contributed by atoms with E-state index in [2.05, 4.69) is 34.3 Å². The van der Waals surface area contributed by atoms with Crippen molar-refractivity contribution < 1.29 is 13.2 Å². The van der Waals surface area contributed by atoms with Crippen molar-refractivity contribution in [1.82, 2.24) is 10.0 Å². The number of carbonyl (C=O) groups excluding carboxylic acids is 1. The Kier molecular flexibility index (Phi) is 4.39. The van der Waals surface area contributed by atoms with Crippen LogP contribution in [-0.4, -0.2) is 32.2 Å². The number of nitrogens with one attached hydrogen (secondary N) is 2. The van der Waals surface area contributed by atoms with Crippen LogP contribution in [0.1, 0.15) is 30.9 Å². The highest BCUT2D eigenvalue weighted by atomic mass is 32.2. The fraction of sp³-hybridized carbons (Fsp3) is 0.533. The maximum atomic E-state index is 12.1. The molecule has 1 aliphatic rings. The lowest BCUT2D eigenvalue weighted by Gasteiger charge is -2.20. The summed E-state index contributed by atoms with van der Waals surface area (Å²) in [4.78, 5) is 12.1. The molecule has 0 unspecified atom stereocenters. The van der Waals surface area contributed by atoms with Crippen LogP contribution in [-0.2, 0) is 21.2 Å². The molecule has 1 atom stereocenters. The maximum Gasteiger partial charge on any atom is 0.238 e. The summed E-state index contributed by atoms with van der Waals surface area (Å²) in [5.41, 5.74) is 2.18. The Morgan fingerprint density at radius 3 is 2.33 bits per heavy atom. The Balaban J connectivity index is 1.95. The molecule has 1 aromatic carbocycles. The Hall–Kier alpha value is -1.40. The van der Waals surface area contributed by atoms with E-state index in [0.29, 0.717) is 0 Å². The second-order valence-corrected chi connectivity index (χ2v) is 7.82.